The second-order valence-electron chi connectivity index (χ2n) is 3.66. The van der Waals surface area contributed by atoms with E-state index in [1.165, 1.54) is 21.8 Å². The van der Waals surface area contributed by atoms with Crippen LogP contribution in [0.4, 0.5) is 0 Å². The molecule has 0 spiro atoms. The SMILES string of the molecule is O=c1cc(C=Cc2ccccn2)nc2sccn12. The van der Waals surface area contributed by atoms with Crippen molar-refractivity contribution in [2.45, 2.75) is 0 Å². The van der Waals surface area contributed by atoms with E-state index in [2.05, 4.69) is 9.97 Å². The maximum absolute atomic E-state index is 11.8. The van der Waals surface area contributed by atoms with Crippen LogP contribution in [0.3, 0.4) is 0 Å². The van der Waals surface area contributed by atoms with E-state index in [9.17, 15) is 4.79 Å². The molecule has 0 fully saturated rings. The molecule has 0 aliphatic rings. The molecule has 3 aromatic heterocycles. The molecule has 0 saturated heterocycles. The number of aromatic nitrogens is 3. The summed E-state index contributed by atoms with van der Waals surface area (Å²) in [5.74, 6) is 0. The van der Waals surface area contributed by atoms with Crippen LogP contribution in [-0.2, 0) is 0 Å². The molecule has 3 rings (SSSR count). The monoisotopic (exact) mass is 255 g/mol. The zero-order valence-electron chi connectivity index (χ0n) is 9.35. The van der Waals surface area contributed by atoms with Crippen LogP contribution < -0.4 is 5.56 Å². The zero-order chi connectivity index (χ0) is 12.4. The first-order chi connectivity index (χ1) is 8.83. The van der Waals surface area contributed by atoms with E-state index in [1.807, 2.05) is 29.7 Å². The molecule has 0 saturated carbocycles. The summed E-state index contributed by atoms with van der Waals surface area (Å²) in [7, 11) is 0. The van der Waals surface area contributed by atoms with Crippen molar-refractivity contribution in [3.63, 3.8) is 0 Å². The van der Waals surface area contributed by atoms with Gasteiger partial charge in [-0.15, -0.1) is 11.3 Å². The van der Waals surface area contributed by atoms with E-state index in [1.54, 1.807) is 18.5 Å². The number of fused-ring (bicyclic) bond motifs is 1. The summed E-state index contributed by atoms with van der Waals surface area (Å²) >= 11 is 1.44. The third-order valence-corrected chi connectivity index (χ3v) is 3.19. The highest BCUT2D eigenvalue weighted by molar-refractivity contribution is 7.15. The fourth-order valence-electron chi connectivity index (χ4n) is 1.59. The molecular formula is C13H9N3OS. The minimum atomic E-state index is -0.0677. The van der Waals surface area contributed by atoms with Crippen LogP contribution in [-0.4, -0.2) is 14.4 Å². The minimum absolute atomic E-state index is 0.0677. The minimum Gasteiger partial charge on any atom is -0.269 e. The molecule has 0 unspecified atom stereocenters. The second-order valence-corrected chi connectivity index (χ2v) is 4.54. The first-order valence-corrected chi connectivity index (χ1v) is 6.27. The molecular weight excluding hydrogens is 246 g/mol. The molecule has 5 heteroatoms. The molecule has 0 aliphatic heterocycles. The average Bonchev–Trinajstić information content (AvgIpc) is 2.86. The van der Waals surface area contributed by atoms with Gasteiger partial charge in [-0.3, -0.25) is 14.2 Å². The van der Waals surface area contributed by atoms with Crippen molar-refractivity contribution in [2.24, 2.45) is 0 Å². The quantitative estimate of drug-likeness (QED) is 0.706. The van der Waals surface area contributed by atoms with Gasteiger partial charge in [0.1, 0.15) is 0 Å². The Labute approximate surface area is 107 Å². The van der Waals surface area contributed by atoms with Gasteiger partial charge >= 0.3 is 0 Å². The van der Waals surface area contributed by atoms with Crippen molar-refractivity contribution in [2.75, 3.05) is 0 Å². The molecule has 3 heterocycles. The number of nitrogens with zero attached hydrogens (tertiary/aromatic N) is 3. The van der Waals surface area contributed by atoms with E-state index >= 15 is 0 Å². The predicted octanol–water partition coefficient (Wildman–Crippen LogP) is 2.32. The van der Waals surface area contributed by atoms with E-state index in [-0.39, 0.29) is 5.56 Å². The third-order valence-electron chi connectivity index (χ3n) is 2.44. The smallest absolute Gasteiger partial charge is 0.259 e. The molecule has 0 aliphatic carbocycles. The van der Waals surface area contributed by atoms with E-state index in [0.29, 0.717) is 10.7 Å². The Morgan fingerprint density at radius 1 is 1.22 bits per heavy atom. The van der Waals surface area contributed by atoms with Crippen LogP contribution in [0, 0.1) is 0 Å². The Kier molecular flexibility index (Phi) is 2.74. The van der Waals surface area contributed by atoms with Gasteiger partial charge in [-0.05, 0) is 24.3 Å². The lowest BCUT2D eigenvalue weighted by Crippen LogP contribution is -2.11. The van der Waals surface area contributed by atoms with Gasteiger partial charge in [0.15, 0.2) is 4.96 Å². The molecule has 0 radical (unpaired) electrons. The van der Waals surface area contributed by atoms with E-state index < -0.39 is 0 Å². The number of hydrogen-bond donors (Lipinski definition) is 0. The highest BCUT2D eigenvalue weighted by atomic mass is 32.1. The lowest BCUT2D eigenvalue weighted by molar-refractivity contribution is 1.07. The number of hydrogen-bond acceptors (Lipinski definition) is 4. The Balaban J connectivity index is 2.00. The number of pyridine rings is 1. The second kappa shape index (κ2) is 4.54. The predicted molar refractivity (Wildman–Crippen MR) is 72.5 cm³/mol. The summed E-state index contributed by atoms with van der Waals surface area (Å²) < 4.78 is 1.53. The summed E-state index contributed by atoms with van der Waals surface area (Å²) in [5, 5.41) is 1.84. The van der Waals surface area contributed by atoms with Gasteiger partial charge in [0, 0.05) is 23.8 Å². The molecule has 0 aromatic carbocycles. The molecule has 3 aromatic rings. The van der Waals surface area contributed by atoms with Crippen molar-refractivity contribution in [1.82, 2.24) is 14.4 Å². The highest BCUT2D eigenvalue weighted by Crippen LogP contribution is 2.08. The Morgan fingerprint density at radius 2 is 2.11 bits per heavy atom. The number of thiazole rings is 1. The van der Waals surface area contributed by atoms with Crippen LogP contribution in [0.1, 0.15) is 11.4 Å². The molecule has 18 heavy (non-hydrogen) atoms. The van der Waals surface area contributed by atoms with Crippen LogP contribution in [0.25, 0.3) is 17.1 Å². The van der Waals surface area contributed by atoms with Crippen molar-refractivity contribution in [3.05, 3.63) is 63.8 Å². The fraction of sp³-hybridized carbons (Fsp3) is 0. The largest absolute Gasteiger partial charge is 0.269 e. The summed E-state index contributed by atoms with van der Waals surface area (Å²) in [5.41, 5.74) is 1.42. The number of rotatable bonds is 2. The fourth-order valence-corrected chi connectivity index (χ4v) is 2.32. The Bertz CT molecular complexity index is 759. The molecule has 0 N–H and O–H groups in total. The molecule has 88 valence electrons. The summed E-state index contributed by atoms with van der Waals surface area (Å²) in [6, 6.07) is 7.18. The highest BCUT2D eigenvalue weighted by Gasteiger charge is 2.00. The topological polar surface area (TPSA) is 47.3 Å². The van der Waals surface area contributed by atoms with Crippen LogP contribution in [0.15, 0.2) is 46.8 Å². The molecule has 0 atom stereocenters. The van der Waals surface area contributed by atoms with Gasteiger partial charge in [-0.2, -0.15) is 0 Å². The van der Waals surface area contributed by atoms with E-state index in [4.69, 9.17) is 0 Å². The van der Waals surface area contributed by atoms with E-state index in [0.717, 1.165) is 5.69 Å². The lowest BCUT2D eigenvalue weighted by Gasteiger charge is -1.95. The van der Waals surface area contributed by atoms with Crippen LogP contribution >= 0.6 is 11.3 Å². The van der Waals surface area contributed by atoms with Gasteiger partial charge in [-0.25, -0.2) is 4.98 Å². The standard InChI is InChI=1S/C13H9N3OS/c17-12-9-11(15-13-16(12)7-8-18-13)5-4-10-3-1-2-6-14-10/h1-9H. The normalized spacial score (nSPS) is 11.3. The summed E-state index contributed by atoms with van der Waals surface area (Å²) in [6.07, 6.45) is 7.08. The lowest BCUT2D eigenvalue weighted by atomic mass is 10.3. The first-order valence-electron chi connectivity index (χ1n) is 5.39. The van der Waals surface area contributed by atoms with Crippen molar-refractivity contribution >= 4 is 28.4 Å². The third kappa shape index (κ3) is 2.08. The Morgan fingerprint density at radius 3 is 2.94 bits per heavy atom. The van der Waals surface area contributed by atoms with Crippen molar-refractivity contribution in [3.8, 4) is 0 Å². The van der Waals surface area contributed by atoms with Gasteiger partial charge in [0.2, 0.25) is 0 Å². The first kappa shape index (κ1) is 10.9. The molecule has 0 bridgehead atoms. The van der Waals surface area contributed by atoms with Gasteiger partial charge in [0.25, 0.3) is 5.56 Å². The maximum atomic E-state index is 11.8. The molecule has 0 amide bonds. The maximum Gasteiger partial charge on any atom is 0.259 e. The Hall–Kier alpha value is -2.27. The average molecular weight is 255 g/mol. The summed E-state index contributed by atoms with van der Waals surface area (Å²) in [4.78, 5) is 21.0. The van der Waals surface area contributed by atoms with Crippen LogP contribution in [0.5, 0.6) is 0 Å². The van der Waals surface area contributed by atoms with Crippen molar-refractivity contribution < 1.29 is 0 Å². The summed E-state index contributed by atoms with van der Waals surface area (Å²) in [6.45, 7) is 0. The molecule has 4 nitrogen and oxygen atoms in total. The zero-order valence-corrected chi connectivity index (χ0v) is 10.2. The van der Waals surface area contributed by atoms with Crippen molar-refractivity contribution in [1.29, 1.82) is 0 Å². The van der Waals surface area contributed by atoms with Gasteiger partial charge in [-0.1, -0.05) is 6.07 Å². The van der Waals surface area contributed by atoms with Gasteiger partial charge < -0.3 is 0 Å². The van der Waals surface area contributed by atoms with Gasteiger partial charge in [0.05, 0.1) is 11.4 Å². The van der Waals surface area contributed by atoms with Crippen LogP contribution in [0.2, 0.25) is 0 Å².